The Morgan fingerprint density at radius 1 is 0.538 bits per heavy atom. The zero-order chi connectivity index (χ0) is 45.4. The zero-order valence-corrected chi connectivity index (χ0v) is 38.2. The largest absolute Gasteiger partial charge is 0.497 e. The van der Waals surface area contributed by atoms with Crippen molar-refractivity contribution in [2.24, 2.45) is 0 Å². The molecule has 0 unspecified atom stereocenters. The Morgan fingerprint density at radius 3 is 1.37 bits per heavy atom. The van der Waals surface area contributed by atoms with E-state index in [2.05, 4.69) is 51.4 Å². The molecular formula is C43H42N12O6S4. The Labute approximate surface area is 389 Å². The average Bonchev–Trinajstić information content (AvgIpc) is 4.18. The van der Waals surface area contributed by atoms with Gasteiger partial charge in [-0.25, -0.2) is 0 Å². The maximum atomic E-state index is 12.5. The van der Waals surface area contributed by atoms with Crippen molar-refractivity contribution >= 4 is 68.3 Å². The van der Waals surface area contributed by atoms with Gasteiger partial charge in [0.05, 0.1) is 32.3 Å². The second-order valence-electron chi connectivity index (χ2n) is 13.4. The third-order valence-electron chi connectivity index (χ3n) is 9.04. The molecule has 0 aliphatic rings. The summed E-state index contributed by atoms with van der Waals surface area (Å²) >= 11 is 5.12. The number of benzene rings is 4. The van der Waals surface area contributed by atoms with E-state index in [0.29, 0.717) is 61.8 Å². The third kappa shape index (κ3) is 12.6. The summed E-state index contributed by atoms with van der Waals surface area (Å²) in [5.41, 5.74) is 3.61. The first kappa shape index (κ1) is 46.4. The van der Waals surface area contributed by atoms with E-state index in [0.717, 1.165) is 33.8 Å². The van der Waals surface area contributed by atoms with E-state index in [1.807, 2.05) is 114 Å². The van der Waals surface area contributed by atoms with Crippen LogP contribution in [0.25, 0.3) is 43.9 Å². The molecule has 0 aliphatic carbocycles. The quantitative estimate of drug-likeness (QED) is 0.0612. The van der Waals surface area contributed by atoms with Gasteiger partial charge in [0.25, 0.3) is 0 Å². The average molecular weight is 951 g/mol. The maximum absolute atomic E-state index is 12.5. The lowest BCUT2D eigenvalue weighted by atomic mass is 10.2. The fourth-order valence-electron chi connectivity index (χ4n) is 5.94. The van der Waals surface area contributed by atoms with Crippen LogP contribution in [0.2, 0.25) is 0 Å². The highest BCUT2D eigenvalue weighted by Gasteiger charge is 2.18. The Balaban J connectivity index is 0.000000194. The van der Waals surface area contributed by atoms with Crippen LogP contribution < -0.4 is 20.1 Å². The normalized spacial score (nSPS) is 10.8. The minimum atomic E-state index is -0.229. The third-order valence-corrected chi connectivity index (χ3v) is 12.8. The molecule has 0 radical (unpaired) electrons. The van der Waals surface area contributed by atoms with Gasteiger partial charge < -0.3 is 24.3 Å². The van der Waals surface area contributed by atoms with Gasteiger partial charge in [0, 0.05) is 42.0 Å². The second kappa shape index (κ2) is 23.4. The number of methoxy groups -OCH3 is 2. The first-order valence-electron chi connectivity index (χ1n) is 19.9. The lowest BCUT2D eigenvalue weighted by Crippen LogP contribution is -2.15. The maximum Gasteiger partial charge on any atom is 0.236 e. The van der Waals surface area contributed by atoms with Gasteiger partial charge in [0.1, 0.15) is 21.5 Å². The number of thioether (sulfide) groups is 2. The molecule has 4 aromatic heterocycles. The van der Waals surface area contributed by atoms with Crippen LogP contribution in [0.1, 0.15) is 6.42 Å². The number of anilines is 2. The first-order chi connectivity index (χ1) is 31.8. The molecule has 0 aliphatic heterocycles. The minimum absolute atomic E-state index is 0.0590. The molecule has 0 spiro atoms. The number of aromatic nitrogens is 10. The van der Waals surface area contributed by atoms with Crippen LogP contribution >= 0.6 is 46.2 Å². The molecule has 0 saturated carbocycles. The Kier molecular flexibility index (Phi) is 16.7. The van der Waals surface area contributed by atoms with Crippen molar-refractivity contribution in [2.45, 2.75) is 29.8 Å². The van der Waals surface area contributed by atoms with Gasteiger partial charge in [0.15, 0.2) is 22.0 Å². The number of ether oxygens (including phenoxy) is 2. The van der Waals surface area contributed by atoms with Gasteiger partial charge in [-0.15, -0.1) is 40.8 Å². The van der Waals surface area contributed by atoms with Crippen molar-refractivity contribution in [1.29, 1.82) is 0 Å². The predicted octanol–water partition coefficient (Wildman–Crippen LogP) is 6.78. The van der Waals surface area contributed by atoms with Crippen LogP contribution in [-0.2, 0) is 22.7 Å². The molecule has 0 fully saturated rings. The molecule has 0 atom stereocenters. The Morgan fingerprint density at radius 2 is 0.969 bits per heavy atom. The van der Waals surface area contributed by atoms with Crippen molar-refractivity contribution in [2.75, 3.05) is 49.6 Å². The smallest absolute Gasteiger partial charge is 0.236 e. The highest BCUT2D eigenvalue weighted by Crippen LogP contribution is 2.31. The highest BCUT2D eigenvalue weighted by molar-refractivity contribution is 8.00. The number of hydrogen-bond donors (Lipinski definition) is 4. The van der Waals surface area contributed by atoms with Crippen molar-refractivity contribution < 1.29 is 29.3 Å². The molecule has 0 bridgehead atoms. The van der Waals surface area contributed by atoms with Crippen LogP contribution in [0.3, 0.4) is 0 Å². The standard InChI is InChI=1S/C22H22N6O3S2.C21H20N6O3S2/c1-31-17-10-8-16(9-11-17)20-25-26-21(33-20)23-18(30)14-32-22-27-24-19(28(22)12-5-13-29)15-6-3-2-4-7-15;1-30-16-9-7-15(8-10-16)19-24-25-20(32-19)22-17(29)13-31-21-26-23-18(27(21)11-12-28)14-5-3-2-4-6-14/h2-4,6-11,29H,5,12-14H2,1H3,(H,23,26,30);2-10,28H,11-13H2,1H3,(H,22,25,29). The molecule has 18 nitrogen and oxygen atoms in total. The number of hydrogen-bond acceptors (Lipinski definition) is 18. The van der Waals surface area contributed by atoms with E-state index in [-0.39, 0.29) is 36.5 Å². The molecule has 4 aromatic carbocycles. The monoisotopic (exact) mass is 950 g/mol. The predicted molar refractivity (Wildman–Crippen MR) is 252 cm³/mol. The minimum Gasteiger partial charge on any atom is -0.497 e. The Bertz CT molecular complexity index is 2750. The summed E-state index contributed by atoms with van der Waals surface area (Å²) in [4.78, 5) is 25.0. The summed E-state index contributed by atoms with van der Waals surface area (Å²) in [5, 5.41) is 61.1. The molecule has 8 aromatic rings. The van der Waals surface area contributed by atoms with E-state index in [9.17, 15) is 19.8 Å². The summed E-state index contributed by atoms with van der Waals surface area (Å²) in [7, 11) is 3.23. The lowest BCUT2D eigenvalue weighted by molar-refractivity contribution is -0.114. The van der Waals surface area contributed by atoms with E-state index < -0.39 is 0 Å². The van der Waals surface area contributed by atoms with Crippen molar-refractivity contribution in [3.8, 4) is 55.4 Å². The lowest BCUT2D eigenvalue weighted by Gasteiger charge is -2.09. The molecular weight excluding hydrogens is 909 g/mol. The Hall–Kier alpha value is -6.56. The molecule has 8 rings (SSSR count). The summed E-state index contributed by atoms with van der Waals surface area (Å²) in [6.07, 6.45) is 0.566. The van der Waals surface area contributed by atoms with Crippen LogP contribution in [0, 0.1) is 0 Å². The second-order valence-corrected chi connectivity index (χ2v) is 17.2. The fourth-order valence-corrected chi connectivity index (χ4v) is 9.00. The fraction of sp³-hybridized carbons (Fsp3) is 0.209. The van der Waals surface area contributed by atoms with Gasteiger partial charge >= 0.3 is 0 Å². The summed E-state index contributed by atoms with van der Waals surface area (Å²) in [5.74, 6) is 2.70. The molecule has 4 heterocycles. The number of amides is 2. The molecule has 22 heteroatoms. The number of carbonyl (C=O) groups is 2. The molecule has 2 amide bonds. The van der Waals surface area contributed by atoms with Crippen LogP contribution in [0.4, 0.5) is 10.3 Å². The molecule has 4 N–H and O–H groups in total. The van der Waals surface area contributed by atoms with Crippen LogP contribution in [0.5, 0.6) is 11.5 Å². The topological polar surface area (TPSA) is 230 Å². The number of nitrogens with one attached hydrogen (secondary N) is 2. The van der Waals surface area contributed by atoms with Crippen molar-refractivity contribution in [1.82, 2.24) is 49.9 Å². The van der Waals surface area contributed by atoms with Gasteiger partial charge in [-0.2, -0.15) is 0 Å². The van der Waals surface area contributed by atoms with E-state index in [1.165, 1.54) is 46.2 Å². The van der Waals surface area contributed by atoms with Crippen molar-refractivity contribution in [3.05, 3.63) is 109 Å². The van der Waals surface area contributed by atoms with Crippen molar-refractivity contribution in [3.63, 3.8) is 0 Å². The van der Waals surface area contributed by atoms with Gasteiger partial charge in [0.2, 0.25) is 22.1 Å². The number of carbonyl (C=O) groups excluding carboxylic acids is 2. The summed E-state index contributed by atoms with van der Waals surface area (Å²) in [6.45, 7) is 0.892. The van der Waals surface area contributed by atoms with E-state index in [1.54, 1.807) is 18.8 Å². The van der Waals surface area contributed by atoms with Crippen LogP contribution in [-0.4, -0.2) is 111 Å². The number of nitrogens with zero attached hydrogens (tertiary/aromatic N) is 10. The van der Waals surface area contributed by atoms with E-state index in [4.69, 9.17) is 9.47 Å². The molecule has 334 valence electrons. The van der Waals surface area contributed by atoms with Gasteiger partial charge in [-0.1, -0.05) is 107 Å². The summed E-state index contributed by atoms with van der Waals surface area (Å²) < 4.78 is 14.1. The number of aliphatic hydroxyl groups excluding tert-OH is 2. The zero-order valence-electron chi connectivity index (χ0n) is 35.0. The highest BCUT2D eigenvalue weighted by atomic mass is 32.2. The SMILES string of the molecule is COc1ccc(-c2nnc(NC(=O)CSc3nnc(-c4ccccc4)n3CCCO)s2)cc1.COc1ccc(-c2nnc(NC(=O)CSc3nnc(-c4ccccc4)n3CCO)s2)cc1. The first-order valence-corrected chi connectivity index (χ1v) is 23.5. The van der Waals surface area contributed by atoms with E-state index >= 15 is 0 Å². The number of aliphatic hydroxyl groups is 2. The van der Waals surface area contributed by atoms with Crippen LogP contribution in [0.15, 0.2) is 120 Å². The number of rotatable bonds is 19. The molecule has 0 saturated heterocycles. The molecule has 65 heavy (non-hydrogen) atoms. The summed E-state index contributed by atoms with van der Waals surface area (Å²) in [6, 6.07) is 34.3. The van der Waals surface area contributed by atoms with Gasteiger partial charge in [-0.05, 0) is 55.0 Å². The van der Waals surface area contributed by atoms with Gasteiger partial charge in [-0.3, -0.25) is 24.8 Å².